The average Bonchev–Trinajstić information content (AvgIpc) is 3.47. The first-order valence-corrected chi connectivity index (χ1v) is 33.0. The zero-order valence-corrected chi connectivity index (χ0v) is 52.2. The summed E-state index contributed by atoms with van der Waals surface area (Å²) < 4.78 is 16.9. The van der Waals surface area contributed by atoms with Gasteiger partial charge in [0.15, 0.2) is 6.10 Å². The normalized spacial score (nSPS) is 13.2. The Labute approximate surface area is 499 Å². The molecular formula is C75H120O6. The van der Waals surface area contributed by atoms with E-state index in [2.05, 4.69) is 179 Å². The van der Waals surface area contributed by atoms with Gasteiger partial charge in [-0.3, -0.25) is 14.4 Å². The Morgan fingerprint density at radius 2 is 0.481 bits per heavy atom. The van der Waals surface area contributed by atoms with Crippen molar-refractivity contribution in [2.45, 2.75) is 284 Å². The molecule has 1 unspecified atom stereocenters. The molecule has 0 radical (unpaired) electrons. The van der Waals surface area contributed by atoms with Crippen LogP contribution in [-0.4, -0.2) is 37.2 Å². The highest BCUT2D eigenvalue weighted by molar-refractivity contribution is 5.71. The zero-order chi connectivity index (χ0) is 58.5. The van der Waals surface area contributed by atoms with Crippen molar-refractivity contribution in [1.82, 2.24) is 0 Å². The van der Waals surface area contributed by atoms with E-state index in [0.29, 0.717) is 19.3 Å². The lowest BCUT2D eigenvalue weighted by molar-refractivity contribution is -0.167. The third kappa shape index (κ3) is 65.7. The molecule has 0 aliphatic carbocycles. The Morgan fingerprint density at radius 3 is 0.765 bits per heavy atom. The molecule has 0 rings (SSSR count). The SMILES string of the molecule is CC/C=C\C/C=C\C/C=C\C/C=C\C/C=C\C/C=C\C/C=C\CCCCCCCC(=O)OCC(COC(=O)CCCCCCC/C=C\CCCC)OC(=O)CCCCCCCCCCC/C=C\C/C=C\C/C=C\C/C=C\C/C=C\CC. The van der Waals surface area contributed by atoms with Gasteiger partial charge in [0.05, 0.1) is 0 Å². The molecule has 456 valence electrons. The molecule has 0 spiro atoms. The first-order valence-electron chi connectivity index (χ1n) is 33.0. The third-order valence-corrected chi connectivity index (χ3v) is 13.5. The van der Waals surface area contributed by atoms with E-state index in [0.717, 1.165) is 173 Å². The van der Waals surface area contributed by atoms with Crippen molar-refractivity contribution in [1.29, 1.82) is 0 Å². The maximum Gasteiger partial charge on any atom is 0.306 e. The fraction of sp³-hybridized carbons (Fsp3) is 0.613. The summed E-state index contributed by atoms with van der Waals surface area (Å²) in [5, 5.41) is 0. The van der Waals surface area contributed by atoms with E-state index in [4.69, 9.17) is 14.2 Å². The van der Waals surface area contributed by atoms with Crippen LogP contribution in [0.1, 0.15) is 278 Å². The summed E-state index contributed by atoms with van der Waals surface area (Å²) in [5.41, 5.74) is 0. The minimum absolute atomic E-state index is 0.0969. The van der Waals surface area contributed by atoms with Gasteiger partial charge in [0.2, 0.25) is 0 Å². The van der Waals surface area contributed by atoms with Gasteiger partial charge >= 0.3 is 17.9 Å². The van der Waals surface area contributed by atoms with Crippen molar-refractivity contribution < 1.29 is 28.6 Å². The molecule has 1 atom stereocenters. The topological polar surface area (TPSA) is 78.9 Å². The summed E-state index contributed by atoms with van der Waals surface area (Å²) in [6, 6.07) is 0. The number of carbonyl (C=O) groups excluding carboxylic acids is 3. The lowest BCUT2D eigenvalue weighted by atomic mass is 10.1. The molecule has 0 N–H and O–H groups in total. The maximum atomic E-state index is 12.9. The van der Waals surface area contributed by atoms with Gasteiger partial charge in [-0.25, -0.2) is 0 Å². The number of allylic oxidation sites excluding steroid dienone is 26. The van der Waals surface area contributed by atoms with E-state index >= 15 is 0 Å². The second-order valence-corrected chi connectivity index (χ2v) is 21.3. The molecule has 0 aromatic carbocycles. The lowest BCUT2D eigenvalue weighted by Gasteiger charge is -2.18. The number of carbonyl (C=O) groups is 3. The molecule has 6 heteroatoms. The molecule has 0 amide bonds. The molecular weight excluding hydrogens is 997 g/mol. The van der Waals surface area contributed by atoms with Gasteiger partial charge in [0, 0.05) is 19.3 Å². The van der Waals surface area contributed by atoms with Crippen molar-refractivity contribution >= 4 is 17.9 Å². The largest absolute Gasteiger partial charge is 0.462 e. The number of rotatable bonds is 58. The Balaban J connectivity index is 4.37. The summed E-state index contributed by atoms with van der Waals surface area (Å²) in [6.07, 6.45) is 98.2. The molecule has 0 aromatic rings. The zero-order valence-electron chi connectivity index (χ0n) is 52.2. The van der Waals surface area contributed by atoms with E-state index in [9.17, 15) is 14.4 Å². The minimum Gasteiger partial charge on any atom is -0.462 e. The van der Waals surface area contributed by atoms with Crippen LogP contribution in [0.3, 0.4) is 0 Å². The highest BCUT2D eigenvalue weighted by atomic mass is 16.6. The Hall–Kier alpha value is -4.97. The van der Waals surface area contributed by atoms with Crippen LogP contribution in [0, 0.1) is 0 Å². The van der Waals surface area contributed by atoms with Crippen LogP contribution in [0.25, 0.3) is 0 Å². The highest BCUT2D eigenvalue weighted by Gasteiger charge is 2.19. The van der Waals surface area contributed by atoms with Crippen molar-refractivity contribution in [3.05, 3.63) is 158 Å². The molecule has 0 saturated heterocycles. The van der Waals surface area contributed by atoms with Crippen molar-refractivity contribution in [3.63, 3.8) is 0 Å². The third-order valence-electron chi connectivity index (χ3n) is 13.5. The van der Waals surface area contributed by atoms with Gasteiger partial charge in [-0.1, -0.05) is 275 Å². The molecule has 0 aliphatic heterocycles. The van der Waals surface area contributed by atoms with E-state index in [1.807, 2.05) is 0 Å². The van der Waals surface area contributed by atoms with Gasteiger partial charge in [-0.15, -0.1) is 0 Å². The molecule has 0 heterocycles. The average molecular weight is 1120 g/mol. The quantitative estimate of drug-likeness (QED) is 0.0261. The van der Waals surface area contributed by atoms with E-state index in [1.165, 1.54) is 64.2 Å². The predicted octanol–water partition coefficient (Wildman–Crippen LogP) is 22.9. The number of hydrogen-bond donors (Lipinski definition) is 0. The second kappa shape index (κ2) is 67.5. The number of ether oxygens (including phenoxy) is 3. The van der Waals surface area contributed by atoms with Gasteiger partial charge in [0.25, 0.3) is 0 Å². The summed E-state index contributed by atoms with van der Waals surface area (Å²) >= 11 is 0. The second-order valence-electron chi connectivity index (χ2n) is 21.3. The molecule has 0 aliphatic rings. The van der Waals surface area contributed by atoms with Gasteiger partial charge in [-0.2, -0.15) is 0 Å². The molecule has 6 nitrogen and oxygen atoms in total. The standard InChI is InChI=1S/C75H120O6/c1-4-7-10-13-16-19-22-24-26-28-30-32-34-36-37-39-40-42-44-46-48-50-53-56-59-62-65-68-74(77)80-71-72(70-79-73(76)67-64-61-58-55-52-21-18-15-12-9-6-3)81-75(78)69-66-63-60-57-54-51-49-47-45-43-41-38-35-33-31-29-27-25-23-20-17-14-11-8-5-2/h7-8,10-11,15-20,24-27,30-33,36-38,40-42,46,48,72H,4-6,9,12-14,21-23,28-29,34-35,39,43-45,47,49-71H2,1-3H3/b10-7-,11-8-,18-15-,19-16-,20-17-,26-24-,27-25-,32-30-,33-31-,37-36-,41-38-,42-40-,48-46-. The molecule has 81 heavy (non-hydrogen) atoms. The summed E-state index contributed by atoms with van der Waals surface area (Å²) in [5.74, 6) is -0.934. The summed E-state index contributed by atoms with van der Waals surface area (Å²) in [7, 11) is 0. The Bertz CT molecular complexity index is 1810. The van der Waals surface area contributed by atoms with Crippen molar-refractivity contribution in [2.24, 2.45) is 0 Å². The van der Waals surface area contributed by atoms with Crippen molar-refractivity contribution in [3.8, 4) is 0 Å². The maximum absolute atomic E-state index is 12.9. The van der Waals surface area contributed by atoms with Gasteiger partial charge < -0.3 is 14.2 Å². The smallest absolute Gasteiger partial charge is 0.306 e. The molecule has 0 fully saturated rings. The predicted molar refractivity (Wildman–Crippen MR) is 352 cm³/mol. The Morgan fingerprint density at radius 1 is 0.259 bits per heavy atom. The van der Waals surface area contributed by atoms with Crippen molar-refractivity contribution in [2.75, 3.05) is 13.2 Å². The lowest BCUT2D eigenvalue weighted by Crippen LogP contribution is -2.30. The van der Waals surface area contributed by atoms with Crippen LogP contribution in [-0.2, 0) is 28.6 Å². The van der Waals surface area contributed by atoms with E-state index < -0.39 is 6.10 Å². The molecule has 0 bridgehead atoms. The number of hydrogen-bond acceptors (Lipinski definition) is 6. The number of esters is 3. The van der Waals surface area contributed by atoms with Crippen LogP contribution in [0.4, 0.5) is 0 Å². The van der Waals surface area contributed by atoms with Crippen LogP contribution < -0.4 is 0 Å². The van der Waals surface area contributed by atoms with E-state index in [1.54, 1.807) is 0 Å². The minimum atomic E-state index is -0.802. The highest BCUT2D eigenvalue weighted by Crippen LogP contribution is 2.15. The van der Waals surface area contributed by atoms with Crippen LogP contribution in [0.15, 0.2) is 158 Å². The first kappa shape index (κ1) is 76.0. The fourth-order valence-electron chi connectivity index (χ4n) is 8.61. The van der Waals surface area contributed by atoms with Gasteiger partial charge in [0.1, 0.15) is 13.2 Å². The summed E-state index contributed by atoms with van der Waals surface area (Å²) in [6.45, 7) is 6.35. The first-order chi connectivity index (χ1) is 40.0. The summed E-state index contributed by atoms with van der Waals surface area (Å²) in [4.78, 5) is 38.3. The van der Waals surface area contributed by atoms with E-state index in [-0.39, 0.29) is 31.1 Å². The van der Waals surface area contributed by atoms with Crippen LogP contribution >= 0.6 is 0 Å². The fourth-order valence-corrected chi connectivity index (χ4v) is 8.61. The molecule has 0 saturated carbocycles. The van der Waals surface area contributed by atoms with Crippen LogP contribution in [0.2, 0.25) is 0 Å². The molecule has 0 aromatic heterocycles. The number of unbranched alkanes of at least 4 members (excludes halogenated alkanes) is 21. The van der Waals surface area contributed by atoms with Crippen LogP contribution in [0.5, 0.6) is 0 Å². The van der Waals surface area contributed by atoms with Gasteiger partial charge in [-0.05, 0) is 141 Å². The monoisotopic (exact) mass is 1120 g/mol. The Kier molecular flexibility index (Phi) is 63.4.